The molecule has 0 spiro atoms. The monoisotopic (exact) mass is 533 g/mol. The highest BCUT2D eigenvalue weighted by molar-refractivity contribution is 8.18. The zero-order valence-corrected chi connectivity index (χ0v) is 21.0. The fraction of sp³-hybridized carbons (Fsp3) is 0.120. The number of carbonyl (C=O) groups is 2. The summed E-state index contributed by atoms with van der Waals surface area (Å²) in [6.45, 7) is 0.298. The topological polar surface area (TPSA) is 55.8 Å². The van der Waals surface area contributed by atoms with Crippen LogP contribution in [0.5, 0.6) is 11.5 Å². The third kappa shape index (κ3) is 5.53. The van der Waals surface area contributed by atoms with E-state index in [1.807, 2.05) is 6.07 Å². The van der Waals surface area contributed by atoms with Crippen molar-refractivity contribution in [1.82, 2.24) is 4.90 Å². The molecule has 2 amide bonds. The van der Waals surface area contributed by atoms with Gasteiger partial charge in [-0.1, -0.05) is 65.1 Å². The van der Waals surface area contributed by atoms with Crippen LogP contribution in [0.25, 0.3) is 6.08 Å². The predicted molar refractivity (Wildman–Crippen MR) is 137 cm³/mol. The van der Waals surface area contributed by atoms with Crippen LogP contribution in [-0.4, -0.2) is 23.2 Å². The number of hydrogen-bond acceptors (Lipinski definition) is 5. The fourth-order valence-corrected chi connectivity index (χ4v) is 4.85. The van der Waals surface area contributed by atoms with Gasteiger partial charge in [-0.3, -0.25) is 14.5 Å². The van der Waals surface area contributed by atoms with Crippen molar-refractivity contribution in [1.29, 1.82) is 0 Å². The first-order chi connectivity index (χ1) is 16.4. The predicted octanol–water partition coefficient (Wildman–Crippen LogP) is 7.47. The lowest BCUT2D eigenvalue weighted by molar-refractivity contribution is -0.123. The fourth-order valence-electron chi connectivity index (χ4n) is 3.35. The van der Waals surface area contributed by atoms with Crippen molar-refractivity contribution in [2.75, 3.05) is 7.11 Å². The summed E-state index contributed by atoms with van der Waals surface area (Å²) in [6, 6.07) is 17.5. The quantitative estimate of drug-likeness (QED) is 0.294. The largest absolute Gasteiger partial charge is 0.493 e. The highest BCUT2D eigenvalue weighted by atomic mass is 35.5. The van der Waals surface area contributed by atoms with E-state index in [2.05, 4.69) is 0 Å². The second kappa shape index (κ2) is 10.7. The molecule has 3 aromatic carbocycles. The molecule has 3 aromatic rings. The number of nitrogens with zero attached hydrogens (tertiary/aromatic N) is 1. The summed E-state index contributed by atoms with van der Waals surface area (Å²) in [7, 11) is 1.53. The highest BCUT2D eigenvalue weighted by Crippen LogP contribution is 2.38. The van der Waals surface area contributed by atoms with Crippen LogP contribution in [0, 0.1) is 0 Å². The van der Waals surface area contributed by atoms with Crippen molar-refractivity contribution < 1.29 is 19.1 Å². The summed E-state index contributed by atoms with van der Waals surface area (Å²) in [6.07, 6.45) is 1.63. The third-order valence-electron chi connectivity index (χ3n) is 5.01. The van der Waals surface area contributed by atoms with Gasteiger partial charge in [0, 0.05) is 26.2 Å². The molecule has 34 heavy (non-hydrogen) atoms. The molecule has 0 atom stereocenters. The molecular formula is C25H18Cl3NO4S. The van der Waals surface area contributed by atoms with Crippen LogP contribution >= 0.6 is 46.6 Å². The Labute approximate surface area is 216 Å². The maximum Gasteiger partial charge on any atom is 0.293 e. The van der Waals surface area contributed by atoms with E-state index in [1.54, 1.807) is 60.7 Å². The van der Waals surface area contributed by atoms with E-state index in [1.165, 1.54) is 12.0 Å². The van der Waals surface area contributed by atoms with Gasteiger partial charge in [-0.2, -0.15) is 0 Å². The van der Waals surface area contributed by atoms with E-state index in [0.717, 1.165) is 22.9 Å². The molecule has 1 aliphatic rings. The Hall–Kier alpha value is -2.64. The number of imide groups is 1. The Bertz CT molecular complexity index is 1290. The Balaban J connectivity index is 1.59. The zero-order chi connectivity index (χ0) is 24.2. The van der Waals surface area contributed by atoms with Crippen LogP contribution in [0.4, 0.5) is 4.79 Å². The first-order valence-electron chi connectivity index (χ1n) is 10.1. The van der Waals surface area contributed by atoms with E-state index in [-0.39, 0.29) is 29.2 Å². The number of methoxy groups -OCH3 is 1. The van der Waals surface area contributed by atoms with Gasteiger partial charge in [0.25, 0.3) is 11.1 Å². The summed E-state index contributed by atoms with van der Waals surface area (Å²) in [5.41, 5.74) is 2.10. The summed E-state index contributed by atoms with van der Waals surface area (Å²) >= 11 is 19.1. The van der Waals surface area contributed by atoms with E-state index in [0.29, 0.717) is 32.1 Å². The summed E-state index contributed by atoms with van der Waals surface area (Å²) in [4.78, 5) is 27.1. The van der Waals surface area contributed by atoms with Crippen molar-refractivity contribution in [2.45, 2.75) is 13.2 Å². The second-order valence-corrected chi connectivity index (χ2v) is 9.57. The molecule has 0 bridgehead atoms. The van der Waals surface area contributed by atoms with Gasteiger partial charge >= 0.3 is 0 Å². The minimum absolute atomic E-state index is 0.138. The Morgan fingerprint density at radius 2 is 1.74 bits per heavy atom. The molecule has 0 aliphatic carbocycles. The number of thioether (sulfide) groups is 1. The van der Waals surface area contributed by atoms with Crippen LogP contribution in [0.3, 0.4) is 0 Å². The molecule has 1 fully saturated rings. The van der Waals surface area contributed by atoms with Crippen molar-refractivity contribution in [3.63, 3.8) is 0 Å². The average Bonchev–Trinajstić information content (AvgIpc) is 3.06. The molecular weight excluding hydrogens is 517 g/mol. The van der Waals surface area contributed by atoms with Gasteiger partial charge < -0.3 is 9.47 Å². The smallest absolute Gasteiger partial charge is 0.293 e. The molecule has 5 nitrogen and oxygen atoms in total. The van der Waals surface area contributed by atoms with Crippen LogP contribution in [-0.2, 0) is 17.9 Å². The van der Waals surface area contributed by atoms with E-state index >= 15 is 0 Å². The second-order valence-electron chi connectivity index (χ2n) is 7.30. The van der Waals surface area contributed by atoms with Crippen molar-refractivity contribution in [3.8, 4) is 11.5 Å². The number of rotatable bonds is 7. The number of benzene rings is 3. The highest BCUT2D eigenvalue weighted by Gasteiger charge is 2.35. The third-order valence-corrected chi connectivity index (χ3v) is 6.74. The van der Waals surface area contributed by atoms with Gasteiger partial charge in [-0.15, -0.1) is 0 Å². The van der Waals surface area contributed by atoms with Gasteiger partial charge in [0.1, 0.15) is 6.61 Å². The summed E-state index contributed by atoms with van der Waals surface area (Å²) in [5, 5.41) is 1.19. The molecule has 1 aliphatic heterocycles. The molecule has 0 aromatic heterocycles. The number of para-hydroxylation sites is 1. The van der Waals surface area contributed by atoms with Gasteiger partial charge in [-0.05, 0) is 53.7 Å². The first-order valence-corrected chi connectivity index (χ1v) is 12.0. The number of ether oxygens (including phenoxy) is 2. The molecule has 0 saturated carbocycles. The lowest BCUT2D eigenvalue weighted by atomic mass is 10.1. The summed E-state index contributed by atoms with van der Waals surface area (Å²) in [5.74, 6) is 0.527. The number of halogens is 3. The molecule has 0 N–H and O–H groups in total. The van der Waals surface area contributed by atoms with Crippen LogP contribution in [0.15, 0.2) is 65.6 Å². The molecule has 1 saturated heterocycles. The summed E-state index contributed by atoms with van der Waals surface area (Å²) < 4.78 is 11.5. The lowest BCUT2D eigenvalue weighted by Crippen LogP contribution is -2.27. The van der Waals surface area contributed by atoms with Crippen molar-refractivity contribution in [3.05, 3.63) is 97.3 Å². The van der Waals surface area contributed by atoms with Crippen molar-refractivity contribution >= 4 is 63.8 Å². The first kappa shape index (κ1) is 24.5. The van der Waals surface area contributed by atoms with Gasteiger partial charge in [-0.25, -0.2) is 0 Å². The van der Waals surface area contributed by atoms with Crippen LogP contribution in [0.2, 0.25) is 15.1 Å². The van der Waals surface area contributed by atoms with E-state index in [4.69, 9.17) is 44.3 Å². The molecule has 0 radical (unpaired) electrons. The minimum Gasteiger partial charge on any atom is -0.493 e. The normalized spacial score (nSPS) is 14.7. The Morgan fingerprint density at radius 1 is 0.971 bits per heavy atom. The molecule has 4 rings (SSSR count). The number of carbonyl (C=O) groups excluding carboxylic acids is 2. The molecule has 9 heteroatoms. The van der Waals surface area contributed by atoms with Crippen LogP contribution < -0.4 is 9.47 Å². The number of hydrogen-bond donors (Lipinski definition) is 0. The van der Waals surface area contributed by atoms with Gasteiger partial charge in [0.05, 0.1) is 18.6 Å². The standard InChI is InChI=1S/C25H18Cl3NO4S/c1-32-21-7-3-5-16(23(21)33-14-17-8-9-19(27)12-20(17)28)11-22-24(30)29(25(31)34-22)13-15-4-2-6-18(26)10-15/h2-12H,13-14H2,1H3/b22-11-. The Morgan fingerprint density at radius 3 is 2.47 bits per heavy atom. The molecule has 174 valence electrons. The van der Waals surface area contributed by atoms with Gasteiger partial charge in [0.2, 0.25) is 0 Å². The van der Waals surface area contributed by atoms with Crippen LogP contribution in [0.1, 0.15) is 16.7 Å². The van der Waals surface area contributed by atoms with Crippen molar-refractivity contribution in [2.24, 2.45) is 0 Å². The molecule has 1 heterocycles. The van der Waals surface area contributed by atoms with Gasteiger partial charge in [0.15, 0.2) is 11.5 Å². The maximum absolute atomic E-state index is 13.0. The zero-order valence-electron chi connectivity index (χ0n) is 17.9. The SMILES string of the molecule is COc1cccc(/C=C2\SC(=O)N(Cc3cccc(Cl)c3)C2=O)c1OCc1ccc(Cl)cc1Cl. The van der Waals surface area contributed by atoms with E-state index < -0.39 is 0 Å². The minimum atomic E-state index is -0.385. The lowest BCUT2D eigenvalue weighted by Gasteiger charge is -2.15. The maximum atomic E-state index is 13.0. The number of amides is 2. The van der Waals surface area contributed by atoms with E-state index in [9.17, 15) is 9.59 Å². The Kier molecular flexibility index (Phi) is 7.73. The molecule has 0 unspecified atom stereocenters. The average molecular weight is 535 g/mol.